The van der Waals surface area contributed by atoms with E-state index < -0.39 is 0 Å². The molecular weight excluding hydrogens is 409 g/mol. The largest absolute Gasteiger partial charge is 0.326 e. The van der Waals surface area contributed by atoms with Crippen molar-refractivity contribution in [2.45, 2.75) is 33.6 Å². The van der Waals surface area contributed by atoms with Gasteiger partial charge in [0.1, 0.15) is 0 Å². The maximum atomic E-state index is 12.2. The standard InChI is InChI=1S/C17H18INO2S/c1-10-8-13(18)4-5-15(10)19-17(21)7-6-16(20)14-9-11(2)22-12(14)3/h4-5,8-9H,6-7H2,1-3H3,(H,19,21). The van der Waals surface area contributed by atoms with Crippen LogP contribution in [0.4, 0.5) is 5.69 Å². The number of benzene rings is 1. The molecule has 0 radical (unpaired) electrons. The van der Waals surface area contributed by atoms with Crippen molar-refractivity contribution in [2.24, 2.45) is 0 Å². The molecule has 0 aliphatic heterocycles. The molecule has 2 rings (SSSR count). The van der Waals surface area contributed by atoms with Crippen LogP contribution in [0.2, 0.25) is 0 Å². The fraction of sp³-hybridized carbons (Fsp3) is 0.294. The molecule has 0 atom stereocenters. The molecule has 1 N–H and O–H groups in total. The van der Waals surface area contributed by atoms with E-state index in [1.54, 1.807) is 11.3 Å². The van der Waals surface area contributed by atoms with Gasteiger partial charge in [0, 0.05) is 37.4 Å². The number of aryl methyl sites for hydroxylation is 3. The Morgan fingerprint density at radius 1 is 1.14 bits per heavy atom. The van der Waals surface area contributed by atoms with Gasteiger partial charge < -0.3 is 5.32 Å². The van der Waals surface area contributed by atoms with Gasteiger partial charge in [-0.15, -0.1) is 11.3 Å². The third kappa shape index (κ3) is 4.39. The van der Waals surface area contributed by atoms with E-state index in [9.17, 15) is 9.59 Å². The number of thiophene rings is 1. The Morgan fingerprint density at radius 2 is 1.86 bits per heavy atom. The van der Waals surface area contributed by atoms with Gasteiger partial charge in [0.15, 0.2) is 5.78 Å². The molecule has 116 valence electrons. The van der Waals surface area contributed by atoms with E-state index in [-0.39, 0.29) is 24.5 Å². The van der Waals surface area contributed by atoms with Gasteiger partial charge in [-0.3, -0.25) is 9.59 Å². The number of rotatable bonds is 5. The van der Waals surface area contributed by atoms with E-state index in [0.717, 1.165) is 30.1 Å². The minimum Gasteiger partial charge on any atom is -0.326 e. The van der Waals surface area contributed by atoms with E-state index in [1.165, 1.54) is 0 Å². The minimum atomic E-state index is -0.123. The summed E-state index contributed by atoms with van der Waals surface area (Å²) in [7, 11) is 0. The third-order valence-electron chi connectivity index (χ3n) is 3.38. The van der Waals surface area contributed by atoms with E-state index in [2.05, 4.69) is 27.9 Å². The number of hydrogen-bond donors (Lipinski definition) is 1. The molecule has 0 spiro atoms. The first-order valence-electron chi connectivity index (χ1n) is 7.03. The second-order valence-corrected chi connectivity index (χ2v) is 7.96. The van der Waals surface area contributed by atoms with Gasteiger partial charge in [-0.1, -0.05) is 0 Å². The van der Waals surface area contributed by atoms with Crippen LogP contribution in [0.25, 0.3) is 0 Å². The number of carbonyl (C=O) groups excluding carboxylic acids is 2. The summed E-state index contributed by atoms with van der Waals surface area (Å²) in [6.45, 7) is 5.89. The molecule has 0 fully saturated rings. The monoisotopic (exact) mass is 427 g/mol. The predicted octanol–water partition coefficient (Wildman–Crippen LogP) is 4.88. The zero-order chi connectivity index (χ0) is 16.3. The highest BCUT2D eigenvalue weighted by atomic mass is 127. The Morgan fingerprint density at radius 3 is 2.45 bits per heavy atom. The number of Topliss-reactive ketones (excluding diaryl/α,β-unsaturated/α-hetero) is 1. The number of halogens is 1. The van der Waals surface area contributed by atoms with Crippen LogP contribution >= 0.6 is 33.9 Å². The molecule has 0 bridgehead atoms. The van der Waals surface area contributed by atoms with Crippen molar-refractivity contribution in [1.82, 2.24) is 0 Å². The van der Waals surface area contributed by atoms with Crippen molar-refractivity contribution in [2.75, 3.05) is 5.32 Å². The zero-order valence-electron chi connectivity index (χ0n) is 12.8. The summed E-state index contributed by atoms with van der Waals surface area (Å²) < 4.78 is 1.13. The summed E-state index contributed by atoms with van der Waals surface area (Å²) in [5.74, 6) is -0.0846. The highest BCUT2D eigenvalue weighted by Gasteiger charge is 2.14. The van der Waals surface area contributed by atoms with Gasteiger partial charge in [-0.2, -0.15) is 0 Å². The quantitative estimate of drug-likeness (QED) is 0.546. The van der Waals surface area contributed by atoms with Crippen molar-refractivity contribution in [3.8, 4) is 0 Å². The smallest absolute Gasteiger partial charge is 0.224 e. The lowest BCUT2D eigenvalue weighted by Crippen LogP contribution is -2.14. The van der Waals surface area contributed by atoms with Crippen molar-refractivity contribution in [3.63, 3.8) is 0 Å². The Labute approximate surface area is 148 Å². The normalized spacial score (nSPS) is 10.5. The number of amides is 1. The molecule has 1 aromatic heterocycles. The highest BCUT2D eigenvalue weighted by Crippen LogP contribution is 2.22. The van der Waals surface area contributed by atoms with Crippen LogP contribution < -0.4 is 5.32 Å². The lowest BCUT2D eigenvalue weighted by Gasteiger charge is -2.08. The maximum Gasteiger partial charge on any atom is 0.224 e. The summed E-state index contributed by atoms with van der Waals surface area (Å²) in [6, 6.07) is 7.76. The average molecular weight is 427 g/mol. The maximum absolute atomic E-state index is 12.2. The van der Waals surface area contributed by atoms with Crippen molar-refractivity contribution < 1.29 is 9.59 Å². The molecule has 2 aromatic rings. The number of hydrogen-bond acceptors (Lipinski definition) is 3. The van der Waals surface area contributed by atoms with Crippen molar-refractivity contribution >= 4 is 51.3 Å². The molecule has 1 aromatic carbocycles. The molecule has 0 aliphatic rings. The topological polar surface area (TPSA) is 46.2 Å². The first-order chi connectivity index (χ1) is 10.4. The van der Waals surface area contributed by atoms with Gasteiger partial charge in [-0.25, -0.2) is 0 Å². The highest BCUT2D eigenvalue weighted by molar-refractivity contribution is 14.1. The second-order valence-electron chi connectivity index (χ2n) is 5.26. The lowest BCUT2D eigenvalue weighted by atomic mass is 10.1. The van der Waals surface area contributed by atoms with Crippen LogP contribution in [0.15, 0.2) is 24.3 Å². The van der Waals surface area contributed by atoms with Crippen LogP contribution in [0.1, 0.15) is 38.5 Å². The van der Waals surface area contributed by atoms with Crippen molar-refractivity contribution in [3.05, 3.63) is 48.7 Å². The second kappa shape index (κ2) is 7.37. The van der Waals surface area contributed by atoms with Gasteiger partial charge >= 0.3 is 0 Å². The van der Waals surface area contributed by atoms with Gasteiger partial charge in [0.05, 0.1) is 0 Å². The van der Waals surface area contributed by atoms with Crippen LogP contribution in [0, 0.1) is 24.3 Å². The summed E-state index contributed by atoms with van der Waals surface area (Å²) in [5.41, 5.74) is 2.58. The number of anilines is 1. The molecule has 0 aliphatic carbocycles. The van der Waals surface area contributed by atoms with Gasteiger partial charge in [0.2, 0.25) is 5.91 Å². The van der Waals surface area contributed by atoms with Crippen LogP contribution in [0.5, 0.6) is 0 Å². The SMILES string of the molecule is Cc1cc(C(=O)CCC(=O)Nc2ccc(I)cc2C)c(C)s1. The molecule has 5 heteroatoms. The summed E-state index contributed by atoms with van der Waals surface area (Å²) in [6.07, 6.45) is 0.449. The molecule has 1 amide bonds. The molecule has 22 heavy (non-hydrogen) atoms. The number of nitrogens with one attached hydrogen (secondary N) is 1. The summed E-state index contributed by atoms with van der Waals surface area (Å²) in [4.78, 5) is 26.3. The summed E-state index contributed by atoms with van der Waals surface area (Å²) >= 11 is 3.85. The van der Waals surface area contributed by atoms with Crippen molar-refractivity contribution in [1.29, 1.82) is 0 Å². The van der Waals surface area contributed by atoms with Crippen LogP contribution in [-0.4, -0.2) is 11.7 Å². The molecule has 1 heterocycles. The number of carbonyl (C=O) groups is 2. The van der Waals surface area contributed by atoms with E-state index >= 15 is 0 Å². The zero-order valence-corrected chi connectivity index (χ0v) is 15.8. The Hall–Kier alpha value is -1.21. The van der Waals surface area contributed by atoms with E-state index in [0.29, 0.717) is 0 Å². The van der Waals surface area contributed by atoms with Gasteiger partial charge in [0.25, 0.3) is 0 Å². The summed E-state index contributed by atoms with van der Waals surface area (Å²) in [5, 5.41) is 2.87. The van der Waals surface area contributed by atoms with Gasteiger partial charge in [-0.05, 0) is 73.2 Å². The Kier molecular flexibility index (Phi) is 5.74. The number of ketones is 1. The first-order valence-corrected chi connectivity index (χ1v) is 8.92. The Balaban J connectivity index is 1.92. The molecule has 0 saturated carbocycles. The fourth-order valence-electron chi connectivity index (χ4n) is 2.25. The molecule has 3 nitrogen and oxygen atoms in total. The van der Waals surface area contributed by atoms with E-state index in [4.69, 9.17) is 0 Å². The predicted molar refractivity (Wildman–Crippen MR) is 99.9 cm³/mol. The van der Waals surface area contributed by atoms with Crippen LogP contribution in [-0.2, 0) is 4.79 Å². The van der Waals surface area contributed by atoms with Crippen LogP contribution in [0.3, 0.4) is 0 Å². The van der Waals surface area contributed by atoms with E-state index in [1.807, 2.05) is 45.0 Å². The first kappa shape index (κ1) is 17.1. The molecular formula is C17H18INO2S. The Bertz CT molecular complexity index is 721. The fourth-order valence-corrected chi connectivity index (χ4v) is 3.84. The molecule has 0 unspecified atom stereocenters. The third-order valence-corrected chi connectivity index (χ3v) is 5.02. The lowest BCUT2D eigenvalue weighted by molar-refractivity contribution is -0.116. The average Bonchev–Trinajstić information content (AvgIpc) is 2.78. The molecule has 0 saturated heterocycles. The minimum absolute atomic E-state index is 0.0383.